The summed E-state index contributed by atoms with van der Waals surface area (Å²) in [6.07, 6.45) is 0.0625. The highest BCUT2D eigenvalue weighted by molar-refractivity contribution is 7.99. The van der Waals surface area contributed by atoms with Crippen LogP contribution >= 0.6 is 11.8 Å². The quantitative estimate of drug-likeness (QED) is 0.697. The van der Waals surface area contributed by atoms with E-state index in [4.69, 9.17) is 24.7 Å². The molecule has 0 aliphatic carbocycles. The zero-order chi connectivity index (χ0) is 20.9. The Kier molecular flexibility index (Phi) is 6.36. The Morgan fingerprint density at radius 2 is 1.73 bits per heavy atom. The van der Waals surface area contributed by atoms with Gasteiger partial charge in [-0.3, -0.25) is 0 Å². The molecule has 2 N–H and O–H groups in total. The van der Waals surface area contributed by atoms with Gasteiger partial charge in [0, 0.05) is 17.2 Å². The van der Waals surface area contributed by atoms with Crippen molar-refractivity contribution in [2.24, 2.45) is 5.92 Å². The maximum absolute atomic E-state index is 9.88. The summed E-state index contributed by atoms with van der Waals surface area (Å²) in [6.45, 7) is 2.67. The lowest BCUT2D eigenvalue weighted by atomic mass is 9.97. The van der Waals surface area contributed by atoms with Gasteiger partial charge in [-0.25, -0.2) is 4.98 Å². The van der Waals surface area contributed by atoms with Crippen molar-refractivity contribution in [3.63, 3.8) is 0 Å². The minimum Gasteiger partial charge on any atom is -0.486 e. The third kappa shape index (κ3) is 4.35. The first-order chi connectivity index (χ1) is 14.7. The molecule has 154 valence electrons. The fourth-order valence-corrected chi connectivity index (χ4v) is 4.24. The van der Waals surface area contributed by atoms with Crippen molar-refractivity contribution in [1.29, 1.82) is 10.5 Å². The molecule has 0 bridgehead atoms. The van der Waals surface area contributed by atoms with Crippen LogP contribution < -0.4 is 10.5 Å². The summed E-state index contributed by atoms with van der Waals surface area (Å²) in [5.41, 5.74) is 7.81. The summed E-state index contributed by atoms with van der Waals surface area (Å²) < 4.78 is 21.6. The summed E-state index contributed by atoms with van der Waals surface area (Å²) in [5.74, 6) is 1.68. The number of rotatable bonds is 6. The molecular weight excluding hydrogens is 404 g/mol. The first kappa shape index (κ1) is 20.5. The largest absolute Gasteiger partial charge is 0.486 e. The van der Waals surface area contributed by atoms with Crippen molar-refractivity contribution >= 4 is 17.6 Å². The highest BCUT2D eigenvalue weighted by Gasteiger charge is 2.23. The second-order valence-corrected chi connectivity index (χ2v) is 8.00. The molecule has 4 rings (SSSR count). The van der Waals surface area contributed by atoms with Gasteiger partial charge < -0.3 is 24.7 Å². The molecule has 0 radical (unpaired) electrons. The van der Waals surface area contributed by atoms with E-state index in [1.807, 2.05) is 24.3 Å². The molecular formula is C21H20N4O4S. The zero-order valence-electron chi connectivity index (χ0n) is 16.2. The van der Waals surface area contributed by atoms with Crippen LogP contribution in [0.1, 0.15) is 11.1 Å². The van der Waals surface area contributed by atoms with E-state index in [1.54, 1.807) is 0 Å². The molecule has 2 saturated heterocycles. The maximum atomic E-state index is 9.88. The number of hydrogen-bond donors (Lipinski definition) is 1. The Morgan fingerprint density at radius 3 is 2.33 bits per heavy atom. The van der Waals surface area contributed by atoms with E-state index in [2.05, 4.69) is 17.1 Å². The number of hydrogen-bond acceptors (Lipinski definition) is 9. The van der Waals surface area contributed by atoms with Gasteiger partial charge in [-0.1, -0.05) is 12.1 Å². The van der Waals surface area contributed by atoms with Crippen molar-refractivity contribution < 1.29 is 18.9 Å². The second-order valence-electron chi connectivity index (χ2n) is 6.99. The fourth-order valence-electron chi connectivity index (χ4n) is 3.20. The lowest BCUT2D eigenvalue weighted by molar-refractivity contribution is -0.120. The van der Waals surface area contributed by atoms with E-state index in [9.17, 15) is 10.5 Å². The Labute approximate surface area is 178 Å². The SMILES string of the molecule is N#Cc1c(N)nc(SCC2COCOC2)c(C#N)c1-c1ccc(OC2COC2)cc1. The van der Waals surface area contributed by atoms with Crippen molar-refractivity contribution in [2.45, 2.75) is 11.1 Å². The number of nitriles is 2. The second kappa shape index (κ2) is 9.33. The van der Waals surface area contributed by atoms with Crippen molar-refractivity contribution in [3.8, 4) is 29.0 Å². The normalized spacial score (nSPS) is 17.0. The van der Waals surface area contributed by atoms with Crippen molar-refractivity contribution in [2.75, 3.05) is 44.7 Å². The van der Waals surface area contributed by atoms with E-state index in [-0.39, 0.29) is 23.4 Å². The molecule has 8 nitrogen and oxygen atoms in total. The van der Waals surface area contributed by atoms with Crippen LogP contribution in [0.2, 0.25) is 0 Å². The Morgan fingerprint density at radius 1 is 1.03 bits per heavy atom. The minimum atomic E-state index is 0.0625. The van der Waals surface area contributed by atoms with Gasteiger partial charge in [0.25, 0.3) is 0 Å². The predicted molar refractivity (Wildman–Crippen MR) is 110 cm³/mol. The van der Waals surface area contributed by atoms with Crippen LogP contribution in [-0.2, 0) is 14.2 Å². The van der Waals surface area contributed by atoms with Crippen LogP contribution in [-0.4, -0.2) is 50.1 Å². The molecule has 0 unspecified atom stereocenters. The van der Waals surface area contributed by atoms with Crippen LogP contribution in [0.15, 0.2) is 29.3 Å². The third-order valence-electron chi connectivity index (χ3n) is 4.80. The van der Waals surface area contributed by atoms with Crippen molar-refractivity contribution in [3.05, 3.63) is 35.4 Å². The van der Waals surface area contributed by atoms with Gasteiger partial charge in [-0.05, 0) is 17.7 Å². The number of ether oxygens (including phenoxy) is 4. The highest BCUT2D eigenvalue weighted by atomic mass is 32.2. The molecule has 3 heterocycles. The minimum absolute atomic E-state index is 0.0625. The molecule has 1 aromatic carbocycles. The molecule has 2 aliphatic rings. The van der Waals surface area contributed by atoms with E-state index in [1.165, 1.54) is 11.8 Å². The average Bonchev–Trinajstić information content (AvgIpc) is 2.75. The van der Waals surface area contributed by atoms with Crippen LogP contribution in [0.25, 0.3) is 11.1 Å². The van der Waals surface area contributed by atoms with Gasteiger partial charge in [0.05, 0.1) is 32.0 Å². The Balaban J connectivity index is 1.64. The molecule has 0 atom stereocenters. The lowest BCUT2D eigenvalue weighted by Gasteiger charge is -2.26. The number of anilines is 1. The maximum Gasteiger partial charge on any atom is 0.146 e. The number of thioether (sulfide) groups is 1. The summed E-state index contributed by atoms with van der Waals surface area (Å²) >= 11 is 1.42. The monoisotopic (exact) mass is 424 g/mol. The van der Waals surface area contributed by atoms with E-state index in [0.717, 1.165) is 0 Å². The number of nitrogens with two attached hydrogens (primary N) is 1. The third-order valence-corrected chi connectivity index (χ3v) is 6.01. The predicted octanol–water partition coefficient (Wildman–Crippen LogP) is 2.56. The molecule has 0 saturated carbocycles. The van der Waals surface area contributed by atoms with Gasteiger partial charge >= 0.3 is 0 Å². The van der Waals surface area contributed by atoms with Gasteiger partial charge in [-0.15, -0.1) is 11.8 Å². The summed E-state index contributed by atoms with van der Waals surface area (Å²) in [6, 6.07) is 11.6. The summed E-state index contributed by atoms with van der Waals surface area (Å²) in [5, 5.41) is 20.0. The van der Waals surface area contributed by atoms with Gasteiger partial charge in [0.1, 0.15) is 47.2 Å². The summed E-state index contributed by atoms with van der Waals surface area (Å²) in [4.78, 5) is 4.34. The highest BCUT2D eigenvalue weighted by Crippen LogP contribution is 2.37. The topological polar surface area (TPSA) is 123 Å². The van der Waals surface area contributed by atoms with Crippen molar-refractivity contribution in [1.82, 2.24) is 4.98 Å². The molecule has 2 fully saturated rings. The van der Waals surface area contributed by atoms with Gasteiger partial charge in [0.2, 0.25) is 0 Å². The smallest absolute Gasteiger partial charge is 0.146 e. The van der Waals surface area contributed by atoms with Crippen LogP contribution in [0, 0.1) is 28.6 Å². The first-order valence-corrected chi connectivity index (χ1v) is 10.4. The standard InChI is InChI=1S/C21H20N4O4S/c22-5-17-19(14-1-3-15(4-2-14)29-16-9-26-10-16)18(6-23)21(25-20(17)24)30-11-13-7-27-12-28-8-13/h1-4,13,16H,7-12H2,(H2,24,25). The molecule has 0 spiro atoms. The number of benzene rings is 1. The van der Waals surface area contributed by atoms with Crippen LogP contribution in [0.3, 0.4) is 0 Å². The summed E-state index contributed by atoms with van der Waals surface area (Å²) in [7, 11) is 0. The number of nitrogen functional groups attached to an aromatic ring is 1. The number of aromatic nitrogens is 1. The zero-order valence-corrected chi connectivity index (χ0v) is 17.0. The number of nitrogens with zero attached hydrogens (tertiary/aromatic N) is 3. The Bertz CT molecular complexity index is 990. The van der Waals surface area contributed by atoms with Gasteiger partial charge in [-0.2, -0.15) is 10.5 Å². The molecule has 9 heteroatoms. The molecule has 2 aliphatic heterocycles. The molecule has 0 amide bonds. The first-order valence-electron chi connectivity index (χ1n) is 9.46. The lowest BCUT2D eigenvalue weighted by Crippen LogP contribution is -2.38. The van der Waals surface area contributed by atoms with E-state index in [0.29, 0.717) is 66.4 Å². The van der Waals surface area contributed by atoms with Gasteiger partial charge in [0.15, 0.2) is 0 Å². The number of pyridine rings is 1. The average molecular weight is 424 g/mol. The molecule has 2 aromatic rings. The van der Waals surface area contributed by atoms with E-state index < -0.39 is 0 Å². The van der Waals surface area contributed by atoms with E-state index >= 15 is 0 Å². The Hall–Kier alpha value is -2.82. The van der Waals surface area contributed by atoms with Crippen LogP contribution in [0.5, 0.6) is 5.75 Å². The fraction of sp³-hybridized carbons (Fsp3) is 0.381. The van der Waals surface area contributed by atoms with Crippen LogP contribution in [0.4, 0.5) is 5.82 Å². The molecule has 1 aromatic heterocycles. The molecule has 30 heavy (non-hydrogen) atoms.